The maximum Gasteiger partial charge on any atom is 0.0944 e. The summed E-state index contributed by atoms with van der Waals surface area (Å²) in [5.41, 5.74) is 0. The highest BCUT2D eigenvalue weighted by molar-refractivity contribution is 7.19. The van der Waals surface area contributed by atoms with E-state index in [-0.39, 0.29) is 20.8 Å². The predicted octanol–water partition coefficient (Wildman–Crippen LogP) is 3.05. The molecule has 0 aliphatic heterocycles. The van der Waals surface area contributed by atoms with Crippen LogP contribution in [0.5, 0.6) is 0 Å². The maximum absolute atomic E-state index is 7.07. The molecule has 0 N–H and O–H groups in total. The van der Waals surface area contributed by atoms with Gasteiger partial charge >= 0.3 is 0 Å². The number of rotatable bonds is 0. The largest absolute Gasteiger partial charge is 0.112 e. The van der Waals surface area contributed by atoms with Gasteiger partial charge in [0.1, 0.15) is 0 Å². The summed E-state index contributed by atoms with van der Waals surface area (Å²) in [5.74, 6) is 0. The van der Waals surface area contributed by atoms with Crippen molar-refractivity contribution >= 4 is 34.5 Å². The normalized spacial score (nSPS) is 13.4. The van der Waals surface area contributed by atoms with E-state index in [1.54, 1.807) is 0 Å². The highest BCUT2D eigenvalue weighted by atomic mass is 35.5. The van der Waals surface area contributed by atoms with Crippen molar-refractivity contribution in [3.63, 3.8) is 0 Å². The van der Waals surface area contributed by atoms with E-state index < -0.39 is 0 Å². The summed E-state index contributed by atoms with van der Waals surface area (Å²) in [4.78, 5) is 0. The van der Waals surface area contributed by atoms with Crippen LogP contribution < -0.4 is 0 Å². The fourth-order valence-electron chi connectivity index (χ4n) is 0.228. The molecule has 0 saturated heterocycles. The predicted molar refractivity (Wildman–Crippen MR) is 34.3 cm³/mol. The Morgan fingerprint density at radius 2 is 1.86 bits per heavy atom. The third-order valence-electron chi connectivity index (χ3n) is 0.438. The van der Waals surface area contributed by atoms with E-state index in [9.17, 15) is 0 Å². The molecule has 1 rings (SSSR count). The fourth-order valence-corrected chi connectivity index (χ4v) is 1.27. The van der Waals surface area contributed by atoms with Crippen molar-refractivity contribution in [2.75, 3.05) is 0 Å². The van der Waals surface area contributed by atoms with Crippen molar-refractivity contribution in [1.82, 2.24) is 0 Å². The lowest BCUT2D eigenvalue weighted by atomic mass is 10.7. The van der Waals surface area contributed by atoms with Crippen LogP contribution in [-0.4, -0.2) is 0 Å². The van der Waals surface area contributed by atoms with Crippen LogP contribution in [0.4, 0.5) is 0 Å². The molecule has 1 heterocycles. The molecule has 0 nitrogen and oxygen atoms in total. The molecule has 7 heavy (non-hydrogen) atoms. The lowest BCUT2D eigenvalue weighted by molar-refractivity contribution is 2.02. The number of thiophene rings is 1. The van der Waals surface area contributed by atoms with Crippen LogP contribution in [0.1, 0.15) is 2.74 Å². The molecule has 0 spiro atoms. The second-order valence-electron chi connectivity index (χ2n) is 0.899. The highest BCUT2D eigenvalue weighted by Gasteiger charge is 1.89. The van der Waals surface area contributed by atoms with Crippen molar-refractivity contribution in [2.45, 2.75) is 0 Å². The van der Waals surface area contributed by atoms with Crippen LogP contribution >= 0.6 is 34.5 Å². The van der Waals surface area contributed by atoms with Gasteiger partial charge in [0, 0.05) is 0 Å². The summed E-state index contributed by atoms with van der Waals surface area (Å²) < 4.78 is 14.7. The van der Waals surface area contributed by atoms with Crippen molar-refractivity contribution in [1.29, 1.82) is 0 Å². The Morgan fingerprint density at radius 3 is 2.00 bits per heavy atom. The zero-order valence-electron chi connectivity index (χ0n) is 5.16. The second-order valence-corrected chi connectivity index (χ2v) is 3.12. The zero-order valence-corrected chi connectivity index (χ0v) is 5.49. The number of hydrogen-bond donors (Lipinski definition) is 0. The van der Waals surface area contributed by atoms with E-state index in [2.05, 4.69) is 0 Å². The van der Waals surface area contributed by atoms with Gasteiger partial charge in [-0.05, 0) is 12.1 Å². The summed E-state index contributed by atoms with van der Waals surface area (Å²) in [7, 11) is 0. The Kier molecular flexibility index (Phi) is 0.968. The minimum absolute atomic E-state index is 0.0201. The Bertz CT molecular complexity index is 210. The first-order valence-electron chi connectivity index (χ1n) is 2.54. The lowest BCUT2D eigenvalue weighted by Gasteiger charge is -1.66. The van der Waals surface area contributed by atoms with Crippen LogP contribution in [0, 0.1) is 0 Å². The molecule has 1 aromatic rings. The standard InChI is InChI=1S/C4H2Cl2S/c5-3-1-2-4(6)7-3/h1-2H/i1D,2D. The lowest BCUT2D eigenvalue weighted by Crippen LogP contribution is -1.30. The van der Waals surface area contributed by atoms with Gasteiger partial charge < -0.3 is 0 Å². The average molecular weight is 155 g/mol. The molecule has 0 radical (unpaired) electrons. The molecule has 0 saturated carbocycles. The molecule has 0 aliphatic rings. The van der Waals surface area contributed by atoms with Crippen LogP contribution in [0.15, 0.2) is 12.1 Å². The molecule has 38 valence electrons. The van der Waals surface area contributed by atoms with E-state index >= 15 is 0 Å². The van der Waals surface area contributed by atoms with E-state index in [1.807, 2.05) is 0 Å². The molecule has 0 bridgehead atoms. The zero-order chi connectivity index (χ0) is 7.02. The van der Waals surface area contributed by atoms with Gasteiger partial charge in [0.2, 0.25) is 0 Å². The first-order valence-corrected chi connectivity index (χ1v) is 3.11. The van der Waals surface area contributed by atoms with Gasteiger partial charge in [-0.25, -0.2) is 0 Å². The Morgan fingerprint density at radius 1 is 1.43 bits per heavy atom. The summed E-state index contributed by atoms with van der Waals surface area (Å²) in [5, 5.41) is 0. The minimum Gasteiger partial charge on any atom is -0.112 e. The third-order valence-corrected chi connectivity index (χ3v) is 1.65. The van der Waals surface area contributed by atoms with Crippen molar-refractivity contribution in [3.05, 3.63) is 20.8 Å². The molecule has 0 aromatic carbocycles. The van der Waals surface area contributed by atoms with Crippen LogP contribution in [0.25, 0.3) is 0 Å². The Labute approximate surface area is 58.5 Å². The quantitative estimate of drug-likeness (QED) is 0.540. The molecular formula is C4H2Cl2S. The molecular weight excluding hydrogens is 151 g/mol. The van der Waals surface area contributed by atoms with E-state index in [0.717, 1.165) is 11.3 Å². The fraction of sp³-hybridized carbons (Fsp3) is 0. The van der Waals surface area contributed by atoms with Crippen molar-refractivity contribution in [2.24, 2.45) is 0 Å². The minimum atomic E-state index is 0.0201. The van der Waals surface area contributed by atoms with Gasteiger partial charge in [0.25, 0.3) is 0 Å². The van der Waals surface area contributed by atoms with Crippen molar-refractivity contribution in [3.8, 4) is 0 Å². The highest BCUT2D eigenvalue weighted by Crippen LogP contribution is 2.24. The second kappa shape index (κ2) is 2.03. The number of hydrogen-bond acceptors (Lipinski definition) is 1. The monoisotopic (exact) mass is 154 g/mol. The topological polar surface area (TPSA) is 0 Å². The molecule has 0 unspecified atom stereocenters. The van der Waals surface area contributed by atoms with Crippen LogP contribution in [-0.2, 0) is 0 Å². The van der Waals surface area contributed by atoms with Gasteiger partial charge in [0.15, 0.2) is 0 Å². The van der Waals surface area contributed by atoms with Gasteiger partial charge in [-0.3, -0.25) is 0 Å². The van der Waals surface area contributed by atoms with Crippen LogP contribution in [0.2, 0.25) is 8.67 Å². The maximum atomic E-state index is 7.07. The van der Waals surface area contributed by atoms with E-state index in [0.29, 0.717) is 0 Å². The summed E-state index contributed by atoms with van der Waals surface area (Å²) >= 11 is 12.0. The first-order chi connectivity index (χ1) is 4.13. The van der Waals surface area contributed by atoms with Gasteiger partial charge in [-0.2, -0.15) is 0 Å². The van der Waals surface area contributed by atoms with E-state index in [1.165, 1.54) is 0 Å². The molecule has 0 atom stereocenters. The summed E-state index contributed by atoms with van der Waals surface area (Å²) in [6.45, 7) is 0. The van der Waals surface area contributed by atoms with Crippen molar-refractivity contribution < 1.29 is 2.74 Å². The molecule has 3 heteroatoms. The molecule has 0 fully saturated rings. The third kappa shape index (κ3) is 1.34. The van der Waals surface area contributed by atoms with E-state index in [4.69, 9.17) is 25.9 Å². The van der Waals surface area contributed by atoms with Gasteiger partial charge in [0.05, 0.1) is 11.4 Å². The Balaban J connectivity index is 3.29. The Hall–Kier alpha value is 0.280. The molecule has 1 aromatic heterocycles. The molecule has 0 amide bonds. The van der Waals surface area contributed by atoms with Crippen LogP contribution in [0.3, 0.4) is 0 Å². The van der Waals surface area contributed by atoms with Gasteiger partial charge in [-0.15, -0.1) is 11.3 Å². The average Bonchev–Trinajstić information content (AvgIpc) is 1.98. The van der Waals surface area contributed by atoms with Gasteiger partial charge in [-0.1, -0.05) is 23.2 Å². The summed E-state index contributed by atoms with van der Waals surface area (Å²) in [6.07, 6.45) is 0. The smallest absolute Gasteiger partial charge is 0.0944 e. The first kappa shape index (κ1) is 3.33. The molecule has 0 aliphatic carbocycles. The summed E-state index contributed by atoms with van der Waals surface area (Å²) in [6, 6.07) is 0.0401. The SMILES string of the molecule is [2H]c1c(Cl)sc(Cl)c1[2H]. The number of halogens is 2.